The first-order valence-electron chi connectivity index (χ1n) is 3.57. The van der Waals surface area contributed by atoms with Crippen molar-refractivity contribution in [3.8, 4) is 0 Å². The van der Waals surface area contributed by atoms with Crippen LogP contribution in [0.1, 0.15) is 27.2 Å². The molecule has 0 spiro atoms. The maximum Gasteiger partial charge on any atom is 0.339 e. The lowest BCUT2D eigenvalue weighted by molar-refractivity contribution is -0.328. The van der Waals surface area contributed by atoms with Crippen LogP contribution in [-0.4, -0.2) is 21.9 Å². The Bertz CT molecular complexity index is 137. The van der Waals surface area contributed by atoms with Crippen LogP contribution >= 0.6 is 0 Å². The van der Waals surface area contributed by atoms with Crippen molar-refractivity contribution in [2.75, 3.05) is 0 Å². The average Bonchev–Trinajstić information content (AvgIpc) is 1.90. The largest absolute Gasteiger partial charge is 0.479 e. The third-order valence-corrected chi connectivity index (χ3v) is 1.98. The van der Waals surface area contributed by atoms with Crippen LogP contribution in [0.3, 0.4) is 0 Å². The highest BCUT2D eigenvalue weighted by Crippen LogP contribution is 2.24. The predicted molar refractivity (Wildman–Crippen MR) is 39.2 cm³/mol. The highest BCUT2D eigenvalue weighted by Gasteiger charge is 2.42. The summed E-state index contributed by atoms with van der Waals surface area (Å²) in [6, 6.07) is 0. The molecule has 0 saturated heterocycles. The van der Waals surface area contributed by atoms with Gasteiger partial charge in [0.1, 0.15) is 0 Å². The lowest BCUT2D eigenvalue weighted by atomic mass is 9.88. The second kappa shape index (κ2) is 3.69. The smallest absolute Gasteiger partial charge is 0.339 e. The summed E-state index contributed by atoms with van der Waals surface area (Å²) in [5.74, 6) is -1.38. The zero-order chi connectivity index (χ0) is 9.07. The highest BCUT2D eigenvalue weighted by atomic mass is 17.1. The first kappa shape index (κ1) is 10.4. The van der Waals surface area contributed by atoms with Crippen molar-refractivity contribution < 1.29 is 20.0 Å². The van der Waals surface area contributed by atoms with Crippen molar-refractivity contribution in [2.45, 2.75) is 32.8 Å². The molecule has 11 heavy (non-hydrogen) atoms. The van der Waals surface area contributed by atoms with Gasteiger partial charge >= 0.3 is 5.97 Å². The number of carboxylic acids is 1. The van der Waals surface area contributed by atoms with Gasteiger partial charge in [0.25, 0.3) is 0 Å². The topological polar surface area (TPSA) is 66.8 Å². The maximum atomic E-state index is 10.6. The monoisotopic (exact) mass is 162 g/mol. The SMILES string of the molecule is CCC(OO)(C(=O)O)C(C)C. The molecule has 66 valence electrons. The van der Waals surface area contributed by atoms with Crippen molar-refractivity contribution in [1.82, 2.24) is 0 Å². The molecule has 0 aliphatic rings. The minimum absolute atomic E-state index is 0.247. The van der Waals surface area contributed by atoms with Gasteiger partial charge in [-0.1, -0.05) is 20.8 Å². The molecule has 0 aromatic carbocycles. The molecule has 0 saturated carbocycles. The molecule has 4 nitrogen and oxygen atoms in total. The molecule has 2 N–H and O–H groups in total. The quantitative estimate of drug-likeness (QED) is 0.484. The maximum absolute atomic E-state index is 10.6. The van der Waals surface area contributed by atoms with Gasteiger partial charge in [0.2, 0.25) is 5.60 Å². The minimum atomic E-state index is -1.44. The number of carbonyl (C=O) groups is 1. The summed E-state index contributed by atoms with van der Waals surface area (Å²) < 4.78 is 0. The Morgan fingerprint density at radius 3 is 2.09 bits per heavy atom. The van der Waals surface area contributed by atoms with Gasteiger partial charge in [-0.2, -0.15) is 0 Å². The number of carboxylic acid groups (broad SMARTS) is 1. The minimum Gasteiger partial charge on any atom is -0.479 e. The third-order valence-electron chi connectivity index (χ3n) is 1.98. The standard InChI is InChI=1S/C7H14O4/c1-4-7(11-10,5(2)3)6(8)9/h5,10H,4H2,1-3H3,(H,8,9). The van der Waals surface area contributed by atoms with Crippen LogP contribution in [0, 0.1) is 5.92 Å². The molecule has 0 fully saturated rings. The van der Waals surface area contributed by atoms with E-state index >= 15 is 0 Å². The molecule has 0 aromatic rings. The zero-order valence-corrected chi connectivity index (χ0v) is 7.00. The molecule has 0 rings (SSSR count). The van der Waals surface area contributed by atoms with E-state index in [1.54, 1.807) is 20.8 Å². The molecule has 1 unspecified atom stereocenters. The number of hydrogen-bond acceptors (Lipinski definition) is 3. The number of hydrogen-bond donors (Lipinski definition) is 2. The molecular weight excluding hydrogens is 148 g/mol. The lowest BCUT2D eigenvalue weighted by Crippen LogP contribution is -2.45. The zero-order valence-electron chi connectivity index (χ0n) is 7.00. The van der Waals surface area contributed by atoms with Gasteiger partial charge in [-0.25, -0.2) is 9.68 Å². The summed E-state index contributed by atoms with van der Waals surface area (Å²) in [7, 11) is 0. The lowest BCUT2D eigenvalue weighted by Gasteiger charge is -2.27. The van der Waals surface area contributed by atoms with Crippen molar-refractivity contribution >= 4 is 5.97 Å². The first-order valence-corrected chi connectivity index (χ1v) is 3.57. The molecule has 0 aromatic heterocycles. The third kappa shape index (κ3) is 1.70. The second-order valence-electron chi connectivity index (χ2n) is 2.79. The molecule has 0 amide bonds. The van der Waals surface area contributed by atoms with Gasteiger partial charge in [0.05, 0.1) is 0 Å². The van der Waals surface area contributed by atoms with E-state index in [1.807, 2.05) is 0 Å². The van der Waals surface area contributed by atoms with Crippen molar-refractivity contribution in [3.05, 3.63) is 0 Å². The Kier molecular flexibility index (Phi) is 3.48. The molecule has 0 aliphatic carbocycles. The summed E-state index contributed by atoms with van der Waals surface area (Å²) in [5.41, 5.74) is -1.44. The van der Waals surface area contributed by atoms with E-state index in [1.165, 1.54) is 0 Å². The Labute approximate surface area is 65.7 Å². The van der Waals surface area contributed by atoms with E-state index in [-0.39, 0.29) is 12.3 Å². The summed E-state index contributed by atoms with van der Waals surface area (Å²) in [6.45, 7) is 5.03. The fourth-order valence-corrected chi connectivity index (χ4v) is 1.02. The van der Waals surface area contributed by atoms with E-state index in [4.69, 9.17) is 10.4 Å². The summed E-state index contributed by atoms with van der Waals surface area (Å²) in [5, 5.41) is 17.1. The van der Waals surface area contributed by atoms with Crippen LogP contribution in [0.15, 0.2) is 0 Å². The number of rotatable bonds is 4. The predicted octanol–water partition coefficient (Wildman–Crippen LogP) is 1.37. The van der Waals surface area contributed by atoms with Crippen LogP contribution in [0.5, 0.6) is 0 Å². The highest BCUT2D eigenvalue weighted by molar-refractivity contribution is 5.77. The molecule has 0 radical (unpaired) electrons. The van der Waals surface area contributed by atoms with Crippen LogP contribution in [0.2, 0.25) is 0 Å². The fourth-order valence-electron chi connectivity index (χ4n) is 1.02. The summed E-state index contributed by atoms with van der Waals surface area (Å²) in [4.78, 5) is 14.7. The second-order valence-corrected chi connectivity index (χ2v) is 2.79. The van der Waals surface area contributed by atoms with Crippen LogP contribution in [-0.2, 0) is 9.68 Å². The van der Waals surface area contributed by atoms with Gasteiger partial charge < -0.3 is 5.11 Å². The summed E-state index contributed by atoms with van der Waals surface area (Å²) in [6.07, 6.45) is 0.247. The van der Waals surface area contributed by atoms with Crippen LogP contribution in [0.4, 0.5) is 0 Å². The van der Waals surface area contributed by atoms with E-state index in [0.717, 1.165) is 0 Å². The Balaban J connectivity index is 4.61. The van der Waals surface area contributed by atoms with E-state index < -0.39 is 11.6 Å². The van der Waals surface area contributed by atoms with Crippen molar-refractivity contribution in [1.29, 1.82) is 0 Å². The van der Waals surface area contributed by atoms with Gasteiger partial charge in [-0.15, -0.1) is 0 Å². The van der Waals surface area contributed by atoms with Gasteiger partial charge in [0.15, 0.2) is 0 Å². The van der Waals surface area contributed by atoms with Gasteiger partial charge in [-0.3, -0.25) is 5.26 Å². The Hall–Kier alpha value is -0.610. The number of aliphatic carboxylic acids is 1. The molecular formula is C7H14O4. The van der Waals surface area contributed by atoms with Crippen molar-refractivity contribution in [2.24, 2.45) is 5.92 Å². The normalized spacial score (nSPS) is 16.5. The summed E-state index contributed by atoms with van der Waals surface area (Å²) >= 11 is 0. The van der Waals surface area contributed by atoms with Crippen LogP contribution in [0.25, 0.3) is 0 Å². The Morgan fingerprint density at radius 2 is 2.09 bits per heavy atom. The molecule has 1 atom stereocenters. The molecule has 0 heterocycles. The Morgan fingerprint density at radius 1 is 1.64 bits per heavy atom. The van der Waals surface area contributed by atoms with E-state index in [9.17, 15) is 4.79 Å². The molecule has 0 bridgehead atoms. The molecule has 0 aliphatic heterocycles. The molecule has 4 heteroatoms. The van der Waals surface area contributed by atoms with Gasteiger partial charge in [0, 0.05) is 0 Å². The van der Waals surface area contributed by atoms with E-state index in [0.29, 0.717) is 0 Å². The van der Waals surface area contributed by atoms with Crippen LogP contribution < -0.4 is 0 Å². The fraction of sp³-hybridized carbons (Fsp3) is 0.857. The van der Waals surface area contributed by atoms with Crippen molar-refractivity contribution in [3.63, 3.8) is 0 Å². The van der Waals surface area contributed by atoms with E-state index in [2.05, 4.69) is 4.89 Å². The average molecular weight is 162 g/mol. The first-order chi connectivity index (χ1) is 5.01. The van der Waals surface area contributed by atoms with Gasteiger partial charge in [-0.05, 0) is 12.3 Å².